The molecule has 0 bridgehead atoms. The van der Waals surface area contributed by atoms with Crippen molar-refractivity contribution in [1.82, 2.24) is 14.7 Å². The van der Waals surface area contributed by atoms with Crippen LogP contribution >= 0.6 is 0 Å². The maximum absolute atomic E-state index is 15.9. The van der Waals surface area contributed by atoms with Crippen molar-refractivity contribution in [2.75, 3.05) is 5.32 Å². The number of hydrogen-bond donors (Lipinski definition) is 1. The van der Waals surface area contributed by atoms with Crippen LogP contribution in [0.4, 0.5) is 27.6 Å². The summed E-state index contributed by atoms with van der Waals surface area (Å²) < 4.78 is 73.6. The van der Waals surface area contributed by atoms with Crippen molar-refractivity contribution in [3.8, 4) is 16.9 Å². The predicted molar refractivity (Wildman–Crippen MR) is 160 cm³/mol. The van der Waals surface area contributed by atoms with Crippen molar-refractivity contribution in [2.45, 2.75) is 79.2 Å². The summed E-state index contributed by atoms with van der Waals surface area (Å²) in [5.41, 5.74) is 3.90. The number of rotatable bonds is 7. The first kappa shape index (κ1) is 31.4. The van der Waals surface area contributed by atoms with Crippen LogP contribution in [0.3, 0.4) is 0 Å². The fraction of sp³-hybridized carbons (Fsp3) is 0.353. The number of amides is 1. The highest BCUT2D eigenvalue weighted by Gasteiger charge is 2.44. The highest BCUT2D eigenvalue weighted by Crippen LogP contribution is 2.46. The number of benzene rings is 3. The van der Waals surface area contributed by atoms with E-state index in [1.54, 1.807) is 11.6 Å². The van der Waals surface area contributed by atoms with E-state index in [0.717, 1.165) is 40.6 Å². The van der Waals surface area contributed by atoms with E-state index in [1.807, 2.05) is 50.8 Å². The van der Waals surface area contributed by atoms with Gasteiger partial charge in [-0.2, -0.15) is 18.3 Å². The molecular weight excluding hydrogens is 575 g/mol. The summed E-state index contributed by atoms with van der Waals surface area (Å²) >= 11 is 0. The summed E-state index contributed by atoms with van der Waals surface area (Å²) in [6, 6.07) is 11.7. The third-order valence-electron chi connectivity index (χ3n) is 8.54. The maximum Gasteiger partial charge on any atom is 0.416 e. The Morgan fingerprint density at radius 1 is 0.977 bits per heavy atom. The molecule has 0 unspecified atom stereocenters. The summed E-state index contributed by atoms with van der Waals surface area (Å²) in [4.78, 5) is 13.6. The molecule has 5 nitrogen and oxygen atoms in total. The fourth-order valence-corrected chi connectivity index (χ4v) is 6.05. The Morgan fingerprint density at radius 3 is 2.23 bits per heavy atom. The summed E-state index contributed by atoms with van der Waals surface area (Å²) in [6.07, 6.45) is -3.12. The normalized spacial score (nSPS) is 14.6. The second kappa shape index (κ2) is 11.5. The Balaban J connectivity index is 1.71. The minimum Gasteiger partial charge on any atom is -0.324 e. The lowest BCUT2D eigenvalue weighted by molar-refractivity contribution is -0.137. The van der Waals surface area contributed by atoms with Gasteiger partial charge in [0, 0.05) is 37.2 Å². The van der Waals surface area contributed by atoms with E-state index >= 15 is 8.78 Å². The molecule has 0 fully saturated rings. The molecule has 0 aliphatic carbocycles. The molecule has 2 heterocycles. The van der Waals surface area contributed by atoms with Crippen LogP contribution in [-0.2, 0) is 42.4 Å². The first-order valence-corrected chi connectivity index (χ1v) is 14.6. The average molecular weight is 611 g/mol. The van der Waals surface area contributed by atoms with Crippen molar-refractivity contribution in [3.05, 3.63) is 99.2 Å². The van der Waals surface area contributed by atoms with Gasteiger partial charge in [0.05, 0.1) is 33.9 Å². The van der Waals surface area contributed by atoms with Crippen molar-refractivity contribution in [3.63, 3.8) is 0 Å². The molecule has 0 radical (unpaired) electrons. The predicted octanol–water partition coefficient (Wildman–Crippen LogP) is 8.48. The van der Waals surface area contributed by atoms with Crippen LogP contribution in [-0.4, -0.2) is 20.6 Å². The Kier molecular flexibility index (Phi) is 8.18. The van der Waals surface area contributed by atoms with Gasteiger partial charge >= 0.3 is 6.18 Å². The standard InChI is InChI=1S/C34H35F5N4O/c1-7-21-10-9-11-22(8-2)30(21)43-31(25-15-28(36)29(16-27(25)35)40-20(4)44)26-18-42(33(5,6)32(26)41-43)17-23-14-24(34(37,38)39)13-12-19(23)3/h9-16H,7-8,17-18H2,1-6H3,(H,40,44). The average Bonchev–Trinajstić information content (AvgIpc) is 3.43. The lowest BCUT2D eigenvalue weighted by atomic mass is 9.97. The SMILES string of the molecule is CCc1cccc(CC)c1-n1nc2c(c1-c1cc(F)c(NC(C)=O)cc1F)CN(Cc1cc(C(F)(F)F)ccc1C)C2(C)C. The quantitative estimate of drug-likeness (QED) is 0.214. The van der Waals surface area contributed by atoms with Crippen molar-refractivity contribution < 1.29 is 26.7 Å². The highest BCUT2D eigenvalue weighted by molar-refractivity contribution is 5.89. The third kappa shape index (κ3) is 5.51. The number of halogens is 5. The molecule has 1 aliphatic heterocycles. The Hall–Kier alpha value is -4.05. The summed E-state index contributed by atoms with van der Waals surface area (Å²) in [5.74, 6) is -2.07. The summed E-state index contributed by atoms with van der Waals surface area (Å²) in [5, 5.41) is 7.38. The number of nitrogens with zero attached hydrogens (tertiary/aromatic N) is 3. The van der Waals surface area contributed by atoms with Gasteiger partial charge in [0.2, 0.25) is 5.91 Å². The Bertz CT molecular complexity index is 1730. The number of alkyl halides is 3. The van der Waals surface area contributed by atoms with Gasteiger partial charge in [0.25, 0.3) is 0 Å². The van der Waals surface area contributed by atoms with Crippen LogP contribution in [0.2, 0.25) is 0 Å². The smallest absolute Gasteiger partial charge is 0.324 e. The van der Waals surface area contributed by atoms with Crippen LogP contribution < -0.4 is 5.32 Å². The van der Waals surface area contributed by atoms with Gasteiger partial charge in [-0.15, -0.1) is 0 Å². The maximum atomic E-state index is 15.9. The van der Waals surface area contributed by atoms with Crippen LogP contribution in [0.25, 0.3) is 16.9 Å². The lowest BCUT2D eigenvalue weighted by Crippen LogP contribution is -2.36. The first-order valence-electron chi connectivity index (χ1n) is 14.6. The zero-order chi connectivity index (χ0) is 32.1. The number of carbonyl (C=O) groups is 1. The van der Waals surface area contributed by atoms with E-state index in [-0.39, 0.29) is 24.3 Å². The molecule has 1 N–H and O–H groups in total. The lowest BCUT2D eigenvalue weighted by Gasteiger charge is -2.32. The van der Waals surface area contributed by atoms with Crippen LogP contribution in [0.5, 0.6) is 0 Å². The van der Waals surface area contributed by atoms with E-state index in [2.05, 4.69) is 5.32 Å². The topological polar surface area (TPSA) is 50.2 Å². The number of aromatic nitrogens is 2. The third-order valence-corrected chi connectivity index (χ3v) is 8.54. The van der Waals surface area contributed by atoms with Crippen LogP contribution in [0.15, 0.2) is 48.5 Å². The molecule has 4 aromatic rings. The molecule has 1 aliphatic rings. The second-order valence-electron chi connectivity index (χ2n) is 11.8. The molecule has 232 valence electrons. The number of para-hydroxylation sites is 1. The highest BCUT2D eigenvalue weighted by atomic mass is 19.4. The monoisotopic (exact) mass is 610 g/mol. The van der Waals surface area contributed by atoms with Crippen molar-refractivity contribution in [1.29, 1.82) is 0 Å². The molecule has 0 spiro atoms. The zero-order valence-corrected chi connectivity index (χ0v) is 25.6. The molecule has 0 atom stereocenters. The molecule has 3 aromatic carbocycles. The first-order chi connectivity index (χ1) is 20.7. The number of nitrogens with one attached hydrogen (secondary N) is 1. The number of anilines is 1. The van der Waals surface area contributed by atoms with Gasteiger partial charge in [0.15, 0.2) is 0 Å². The van der Waals surface area contributed by atoms with E-state index in [1.165, 1.54) is 19.1 Å². The zero-order valence-electron chi connectivity index (χ0n) is 25.6. The van der Waals surface area contributed by atoms with Crippen LogP contribution in [0.1, 0.15) is 73.7 Å². The molecular formula is C34H35F5N4O. The minimum absolute atomic E-state index is 0.0220. The van der Waals surface area contributed by atoms with E-state index in [9.17, 15) is 18.0 Å². The second-order valence-corrected chi connectivity index (χ2v) is 11.8. The van der Waals surface area contributed by atoms with E-state index in [4.69, 9.17) is 5.10 Å². The van der Waals surface area contributed by atoms with E-state index < -0.39 is 34.8 Å². The minimum atomic E-state index is -4.48. The Labute approximate surface area is 253 Å². The summed E-state index contributed by atoms with van der Waals surface area (Å²) in [7, 11) is 0. The molecule has 1 aromatic heterocycles. The largest absolute Gasteiger partial charge is 0.416 e. The van der Waals surface area contributed by atoms with Gasteiger partial charge in [-0.1, -0.05) is 38.1 Å². The van der Waals surface area contributed by atoms with Gasteiger partial charge in [-0.05, 0) is 74.1 Å². The fourth-order valence-electron chi connectivity index (χ4n) is 6.05. The van der Waals surface area contributed by atoms with Gasteiger partial charge in [-0.25, -0.2) is 13.5 Å². The van der Waals surface area contributed by atoms with Gasteiger partial charge in [0.1, 0.15) is 11.6 Å². The van der Waals surface area contributed by atoms with Crippen molar-refractivity contribution in [2.24, 2.45) is 0 Å². The molecule has 0 saturated carbocycles. The molecule has 0 saturated heterocycles. The molecule has 10 heteroatoms. The van der Waals surface area contributed by atoms with Crippen molar-refractivity contribution >= 4 is 11.6 Å². The Morgan fingerprint density at radius 2 is 1.64 bits per heavy atom. The molecule has 5 rings (SSSR count). The number of carbonyl (C=O) groups excluding carboxylic acids is 1. The van der Waals surface area contributed by atoms with Crippen LogP contribution in [0, 0.1) is 18.6 Å². The summed E-state index contributed by atoms with van der Waals surface area (Å²) in [6.45, 7) is 11.3. The number of fused-ring (bicyclic) bond motifs is 1. The van der Waals surface area contributed by atoms with Gasteiger partial charge < -0.3 is 5.32 Å². The molecule has 1 amide bonds. The van der Waals surface area contributed by atoms with Gasteiger partial charge in [-0.3, -0.25) is 9.69 Å². The van der Waals surface area contributed by atoms with E-state index in [0.29, 0.717) is 35.4 Å². The number of aryl methyl sites for hydroxylation is 3. The molecule has 44 heavy (non-hydrogen) atoms. The number of hydrogen-bond acceptors (Lipinski definition) is 3.